The van der Waals surface area contributed by atoms with Gasteiger partial charge in [0.25, 0.3) is 0 Å². The maximum Gasteiger partial charge on any atom is 0.307 e. The number of esters is 1. The summed E-state index contributed by atoms with van der Waals surface area (Å²) in [6.07, 6.45) is 4.40. The number of fused-ring (bicyclic) bond motifs is 1. The Hall–Kier alpha value is -1.62. The Balaban J connectivity index is 2.32. The van der Waals surface area contributed by atoms with Crippen molar-refractivity contribution in [2.45, 2.75) is 19.4 Å². The summed E-state index contributed by atoms with van der Waals surface area (Å²) in [5.74, 6) is 1.13. The molecule has 0 amide bonds. The molecule has 2 heterocycles. The third-order valence-electron chi connectivity index (χ3n) is 2.71. The van der Waals surface area contributed by atoms with Crippen LogP contribution in [-0.2, 0) is 22.5 Å². The molecule has 0 radical (unpaired) electrons. The molecule has 2 aromatic rings. The number of ether oxygens (including phenoxy) is 1. The van der Waals surface area contributed by atoms with Gasteiger partial charge in [-0.05, 0) is 6.07 Å². The van der Waals surface area contributed by atoms with Crippen LogP contribution in [0.5, 0.6) is 0 Å². The van der Waals surface area contributed by atoms with Gasteiger partial charge in [-0.15, -0.1) is 11.6 Å². The molecule has 96 valence electrons. The number of nitrogens with zero attached hydrogens (tertiary/aromatic N) is 3. The number of carbonyl (C=O) groups excluding carboxylic acids is 1. The molecule has 0 fully saturated rings. The second kappa shape index (κ2) is 5.82. The monoisotopic (exact) mass is 267 g/mol. The first kappa shape index (κ1) is 12.8. The Morgan fingerprint density at radius 1 is 1.56 bits per heavy atom. The second-order valence-electron chi connectivity index (χ2n) is 3.81. The van der Waals surface area contributed by atoms with Crippen molar-refractivity contribution in [1.29, 1.82) is 0 Å². The molecule has 0 aliphatic heterocycles. The fourth-order valence-corrected chi connectivity index (χ4v) is 2.03. The lowest BCUT2D eigenvalue weighted by molar-refractivity contribution is -0.140. The molecule has 0 bridgehead atoms. The van der Waals surface area contributed by atoms with Crippen LogP contribution in [0.3, 0.4) is 0 Å². The van der Waals surface area contributed by atoms with Gasteiger partial charge >= 0.3 is 5.97 Å². The molecule has 0 spiro atoms. The summed E-state index contributed by atoms with van der Waals surface area (Å²) in [4.78, 5) is 19.7. The first-order valence-electron chi connectivity index (χ1n) is 5.68. The van der Waals surface area contributed by atoms with Crippen LogP contribution in [0.25, 0.3) is 11.0 Å². The van der Waals surface area contributed by atoms with E-state index in [9.17, 15) is 4.79 Å². The van der Waals surface area contributed by atoms with Gasteiger partial charge in [-0.3, -0.25) is 9.78 Å². The van der Waals surface area contributed by atoms with Gasteiger partial charge in [0.05, 0.1) is 25.2 Å². The minimum Gasteiger partial charge on any atom is -0.469 e. The molecule has 5 nitrogen and oxygen atoms in total. The van der Waals surface area contributed by atoms with Crippen LogP contribution in [0.2, 0.25) is 0 Å². The smallest absolute Gasteiger partial charge is 0.307 e. The van der Waals surface area contributed by atoms with Crippen molar-refractivity contribution < 1.29 is 9.53 Å². The van der Waals surface area contributed by atoms with Crippen molar-refractivity contribution in [1.82, 2.24) is 14.5 Å². The van der Waals surface area contributed by atoms with Crippen LogP contribution in [0.15, 0.2) is 18.5 Å². The third-order valence-corrected chi connectivity index (χ3v) is 2.90. The highest BCUT2D eigenvalue weighted by Crippen LogP contribution is 2.16. The van der Waals surface area contributed by atoms with Crippen LogP contribution < -0.4 is 0 Å². The topological polar surface area (TPSA) is 57.0 Å². The molecule has 2 rings (SSSR count). The molecular formula is C12H14ClN3O2. The van der Waals surface area contributed by atoms with Crippen LogP contribution in [0, 0.1) is 0 Å². The standard InChI is InChI=1S/C12H14ClN3O2/c1-18-12(17)4-7-16-10-3-6-14-8-9(10)15-11(16)2-5-13/h3,6,8H,2,4-5,7H2,1H3. The van der Waals surface area contributed by atoms with Gasteiger partial charge in [0.1, 0.15) is 11.3 Å². The summed E-state index contributed by atoms with van der Waals surface area (Å²) >= 11 is 5.77. The number of aryl methyl sites for hydroxylation is 2. The van der Waals surface area contributed by atoms with E-state index in [1.807, 2.05) is 10.6 Å². The average Bonchev–Trinajstić information content (AvgIpc) is 2.74. The Labute approximate surface area is 110 Å². The molecule has 0 aliphatic carbocycles. The highest BCUT2D eigenvalue weighted by atomic mass is 35.5. The fourth-order valence-electron chi connectivity index (χ4n) is 1.86. The normalized spacial score (nSPS) is 10.8. The van der Waals surface area contributed by atoms with Crippen molar-refractivity contribution in [2.75, 3.05) is 13.0 Å². The number of hydrogen-bond donors (Lipinski definition) is 0. The van der Waals surface area contributed by atoms with E-state index in [1.54, 1.807) is 12.4 Å². The van der Waals surface area contributed by atoms with Gasteiger partial charge in [0.2, 0.25) is 0 Å². The number of hydrogen-bond acceptors (Lipinski definition) is 4. The van der Waals surface area contributed by atoms with Crippen molar-refractivity contribution in [3.63, 3.8) is 0 Å². The van der Waals surface area contributed by atoms with E-state index in [0.717, 1.165) is 16.9 Å². The summed E-state index contributed by atoms with van der Waals surface area (Å²) in [5, 5.41) is 0. The minimum atomic E-state index is -0.234. The molecule has 0 unspecified atom stereocenters. The summed E-state index contributed by atoms with van der Waals surface area (Å²) < 4.78 is 6.65. The quantitative estimate of drug-likeness (QED) is 0.612. The van der Waals surface area contributed by atoms with E-state index in [-0.39, 0.29) is 5.97 Å². The third kappa shape index (κ3) is 2.61. The van der Waals surface area contributed by atoms with E-state index >= 15 is 0 Å². The first-order chi connectivity index (χ1) is 8.76. The van der Waals surface area contributed by atoms with Crippen molar-refractivity contribution in [3.8, 4) is 0 Å². The molecule has 0 N–H and O–H groups in total. The van der Waals surface area contributed by atoms with E-state index in [2.05, 4.69) is 14.7 Å². The zero-order chi connectivity index (χ0) is 13.0. The number of halogens is 1. The maximum absolute atomic E-state index is 11.2. The highest BCUT2D eigenvalue weighted by Gasteiger charge is 2.11. The van der Waals surface area contributed by atoms with Crippen LogP contribution in [0.1, 0.15) is 12.2 Å². The van der Waals surface area contributed by atoms with E-state index in [0.29, 0.717) is 25.3 Å². The lowest BCUT2D eigenvalue weighted by Gasteiger charge is -2.07. The van der Waals surface area contributed by atoms with E-state index in [4.69, 9.17) is 11.6 Å². The molecule has 18 heavy (non-hydrogen) atoms. The number of rotatable bonds is 5. The van der Waals surface area contributed by atoms with Gasteiger partial charge in [-0.2, -0.15) is 0 Å². The van der Waals surface area contributed by atoms with Gasteiger partial charge in [0, 0.05) is 25.0 Å². The zero-order valence-corrected chi connectivity index (χ0v) is 10.9. The fraction of sp³-hybridized carbons (Fsp3) is 0.417. The lowest BCUT2D eigenvalue weighted by Crippen LogP contribution is -2.10. The van der Waals surface area contributed by atoms with Gasteiger partial charge in [-0.25, -0.2) is 4.98 Å². The Kier molecular flexibility index (Phi) is 4.15. The predicted octanol–water partition coefficient (Wildman–Crippen LogP) is 1.78. The molecule has 2 aromatic heterocycles. The number of aromatic nitrogens is 3. The van der Waals surface area contributed by atoms with E-state index in [1.165, 1.54) is 7.11 Å². The first-order valence-corrected chi connectivity index (χ1v) is 6.21. The molecule has 0 saturated carbocycles. The molecule has 6 heteroatoms. The molecule has 0 saturated heterocycles. The summed E-state index contributed by atoms with van der Waals surface area (Å²) in [6.45, 7) is 0.541. The summed E-state index contributed by atoms with van der Waals surface area (Å²) in [6, 6.07) is 1.89. The number of methoxy groups -OCH3 is 1. The SMILES string of the molecule is COC(=O)CCn1c(CCCl)nc2cnccc21. The van der Waals surface area contributed by atoms with E-state index < -0.39 is 0 Å². The largest absolute Gasteiger partial charge is 0.469 e. The second-order valence-corrected chi connectivity index (χ2v) is 4.19. The molecule has 0 aliphatic rings. The number of alkyl halides is 1. The van der Waals surface area contributed by atoms with Gasteiger partial charge in [-0.1, -0.05) is 0 Å². The number of pyridine rings is 1. The lowest BCUT2D eigenvalue weighted by atomic mass is 10.3. The van der Waals surface area contributed by atoms with Crippen LogP contribution in [-0.4, -0.2) is 33.5 Å². The Bertz CT molecular complexity index is 553. The zero-order valence-electron chi connectivity index (χ0n) is 10.1. The van der Waals surface area contributed by atoms with Gasteiger partial charge in [0.15, 0.2) is 0 Å². The predicted molar refractivity (Wildman–Crippen MR) is 68.6 cm³/mol. The molecule has 0 aromatic carbocycles. The maximum atomic E-state index is 11.2. The molecule has 0 atom stereocenters. The minimum absolute atomic E-state index is 0.234. The van der Waals surface area contributed by atoms with Crippen molar-refractivity contribution >= 4 is 28.6 Å². The number of carbonyl (C=O) groups is 1. The summed E-state index contributed by atoms with van der Waals surface area (Å²) in [5.41, 5.74) is 1.79. The molecular weight excluding hydrogens is 254 g/mol. The average molecular weight is 268 g/mol. The van der Waals surface area contributed by atoms with Crippen LogP contribution in [0.4, 0.5) is 0 Å². The van der Waals surface area contributed by atoms with Crippen molar-refractivity contribution in [2.24, 2.45) is 0 Å². The van der Waals surface area contributed by atoms with Crippen LogP contribution >= 0.6 is 11.6 Å². The van der Waals surface area contributed by atoms with Gasteiger partial charge < -0.3 is 9.30 Å². The highest BCUT2D eigenvalue weighted by molar-refractivity contribution is 6.17. The Morgan fingerprint density at radius 3 is 3.11 bits per heavy atom. The number of imidazole rings is 1. The summed E-state index contributed by atoms with van der Waals surface area (Å²) in [7, 11) is 1.39. The van der Waals surface area contributed by atoms with Crippen molar-refractivity contribution in [3.05, 3.63) is 24.3 Å². The Morgan fingerprint density at radius 2 is 2.39 bits per heavy atom.